The predicted octanol–water partition coefficient (Wildman–Crippen LogP) is 6.25. The van der Waals surface area contributed by atoms with Crippen molar-refractivity contribution in [2.24, 2.45) is 5.92 Å². The van der Waals surface area contributed by atoms with Crippen LogP contribution < -0.4 is 5.32 Å². The molecule has 0 unspecified atom stereocenters. The lowest BCUT2D eigenvalue weighted by atomic mass is 9.96. The first-order valence-electron chi connectivity index (χ1n) is 12.8. The summed E-state index contributed by atoms with van der Waals surface area (Å²) in [7, 11) is 0. The first-order valence-corrected chi connectivity index (χ1v) is 12.8. The van der Waals surface area contributed by atoms with Crippen molar-refractivity contribution < 1.29 is 27.1 Å². The quantitative estimate of drug-likeness (QED) is 0.347. The molecular weight excluding hydrogens is 512 g/mol. The molecular formula is C29H28F4N4O2. The van der Waals surface area contributed by atoms with Gasteiger partial charge in [-0.25, -0.2) is 4.39 Å². The highest BCUT2D eigenvalue weighted by Gasteiger charge is 2.36. The summed E-state index contributed by atoms with van der Waals surface area (Å²) in [4.78, 5) is 18.8. The smallest absolute Gasteiger partial charge is 0.433 e. The van der Waals surface area contributed by atoms with Crippen LogP contribution in [0.2, 0.25) is 0 Å². The van der Waals surface area contributed by atoms with Crippen LogP contribution in [-0.4, -0.2) is 35.0 Å². The minimum absolute atomic E-state index is 0.0181. The molecule has 2 N–H and O–H groups in total. The molecule has 1 atom stereocenters. The van der Waals surface area contributed by atoms with Crippen LogP contribution in [0.3, 0.4) is 0 Å². The Labute approximate surface area is 223 Å². The maximum absolute atomic E-state index is 13.9. The Morgan fingerprint density at radius 2 is 2.00 bits per heavy atom. The van der Waals surface area contributed by atoms with E-state index in [1.54, 1.807) is 36.1 Å². The van der Waals surface area contributed by atoms with E-state index in [0.29, 0.717) is 30.7 Å². The van der Waals surface area contributed by atoms with Gasteiger partial charge < -0.3 is 15.0 Å². The molecule has 1 aliphatic heterocycles. The number of hydrogen-bond donors (Lipinski definition) is 2. The molecule has 1 amide bonds. The first-order chi connectivity index (χ1) is 18.6. The summed E-state index contributed by atoms with van der Waals surface area (Å²) in [6.45, 7) is 2.84. The van der Waals surface area contributed by atoms with Crippen molar-refractivity contribution in [1.29, 1.82) is 5.41 Å². The summed E-state index contributed by atoms with van der Waals surface area (Å²) in [5.41, 5.74) is 1.02. The molecule has 0 bridgehead atoms. The third-order valence-electron chi connectivity index (χ3n) is 7.04. The Morgan fingerprint density at radius 1 is 1.21 bits per heavy atom. The molecule has 5 rings (SSSR count). The molecule has 2 heterocycles. The average molecular weight is 541 g/mol. The minimum atomic E-state index is -4.69. The number of amidine groups is 1. The maximum atomic E-state index is 13.9. The highest BCUT2D eigenvalue weighted by Crippen LogP contribution is 2.42. The van der Waals surface area contributed by atoms with Gasteiger partial charge in [-0.3, -0.25) is 15.2 Å². The van der Waals surface area contributed by atoms with Crippen LogP contribution >= 0.6 is 0 Å². The lowest BCUT2D eigenvalue weighted by Crippen LogP contribution is -2.37. The number of halogens is 4. The van der Waals surface area contributed by atoms with Gasteiger partial charge in [-0.2, -0.15) is 13.2 Å². The van der Waals surface area contributed by atoms with E-state index in [0.717, 1.165) is 24.6 Å². The molecule has 1 aromatic heterocycles. The van der Waals surface area contributed by atoms with Crippen molar-refractivity contribution in [1.82, 2.24) is 15.2 Å². The summed E-state index contributed by atoms with van der Waals surface area (Å²) >= 11 is 0. The van der Waals surface area contributed by atoms with Crippen molar-refractivity contribution >= 4 is 11.9 Å². The van der Waals surface area contributed by atoms with Gasteiger partial charge in [-0.15, -0.1) is 0 Å². The first kappa shape index (κ1) is 26.6. The van der Waals surface area contributed by atoms with Gasteiger partial charge in [0.25, 0.3) is 11.9 Å². The van der Waals surface area contributed by atoms with Crippen molar-refractivity contribution in [3.05, 3.63) is 88.5 Å². The van der Waals surface area contributed by atoms with Crippen molar-refractivity contribution in [2.75, 3.05) is 13.2 Å². The fraction of sp³-hybridized carbons (Fsp3) is 0.345. The molecule has 3 aromatic rings. The summed E-state index contributed by atoms with van der Waals surface area (Å²) in [5, 5.41) is 11.1. The van der Waals surface area contributed by atoms with Gasteiger partial charge in [0, 0.05) is 30.4 Å². The normalized spacial score (nSPS) is 16.5. The molecule has 2 fully saturated rings. The second kappa shape index (κ2) is 10.7. The van der Waals surface area contributed by atoms with Gasteiger partial charge in [0.1, 0.15) is 5.82 Å². The van der Waals surface area contributed by atoms with Crippen LogP contribution in [0.25, 0.3) is 11.1 Å². The van der Waals surface area contributed by atoms with E-state index in [1.165, 1.54) is 24.3 Å². The van der Waals surface area contributed by atoms with Crippen LogP contribution in [0, 0.1) is 24.1 Å². The Balaban J connectivity index is 1.52. The summed E-state index contributed by atoms with van der Waals surface area (Å²) < 4.78 is 60.6. The fourth-order valence-corrected chi connectivity index (χ4v) is 4.91. The molecule has 1 saturated carbocycles. The van der Waals surface area contributed by atoms with Crippen LogP contribution in [0.5, 0.6) is 0 Å². The van der Waals surface area contributed by atoms with Crippen molar-refractivity contribution in [3.8, 4) is 11.1 Å². The van der Waals surface area contributed by atoms with E-state index in [1.807, 2.05) is 0 Å². The van der Waals surface area contributed by atoms with Crippen LogP contribution in [0.1, 0.15) is 58.0 Å². The molecule has 6 nitrogen and oxygen atoms in total. The molecule has 1 saturated heterocycles. The van der Waals surface area contributed by atoms with Gasteiger partial charge in [0.2, 0.25) is 0 Å². The lowest BCUT2D eigenvalue weighted by molar-refractivity contribution is -0.140. The highest BCUT2D eigenvalue weighted by molar-refractivity contribution is 5.96. The molecule has 0 spiro atoms. The van der Waals surface area contributed by atoms with Crippen molar-refractivity contribution in [3.63, 3.8) is 0 Å². The Morgan fingerprint density at radius 3 is 2.69 bits per heavy atom. The van der Waals surface area contributed by atoms with Gasteiger partial charge in [-0.05, 0) is 84.7 Å². The van der Waals surface area contributed by atoms with Crippen molar-refractivity contribution in [2.45, 2.75) is 44.9 Å². The SMILES string of the molecule is Cc1cc([C@@H](NC(=O)c2cc(CN3CCCOC3=N)cc(-c3cccnc3C(F)(F)F)c2)C2CC2)ccc1F. The van der Waals surface area contributed by atoms with Gasteiger partial charge in [0.15, 0.2) is 5.69 Å². The number of ether oxygens (including phenoxy) is 1. The summed E-state index contributed by atoms with van der Waals surface area (Å²) in [5.74, 6) is -0.580. The van der Waals surface area contributed by atoms with E-state index < -0.39 is 17.8 Å². The summed E-state index contributed by atoms with van der Waals surface area (Å²) in [6.07, 6.45) is -1.07. The van der Waals surface area contributed by atoms with E-state index >= 15 is 0 Å². The zero-order valence-electron chi connectivity index (χ0n) is 21.3. The molecule has 1 aliphatic carbocycles. The zero-order valence-corrected chi connectivity index (χ0v) is 21.3. The number of carbonyl (C=O) groups is 1. The molecule has 10 heteroatoms. The van der Waals surface area contributed by atoms with E-state index in [2.05, 4.69) is 10.3 Å². The highest BCUT2D eigenvalue weighted by atomic mass is 19.4. The number of amides is 1. The number of carbonyl (C=O) groups excluding carboxylic acids is 1. The van der Waals surface area contributed by atoms with Gasteiger partial charge in [0.05, 0.1) is 12.6 Å². The second-order valence-electron chi connectivity index (χ2n) is 10.0. The number of aromatic nitrogens is 1. The molecule has 0 radical (unpaired) electrons. The third-order valence-corrected chi connectivity index (χ3v) is 7.04. The Hall–Kier alpha value is -3.95. The number of aryl methyl sites for hydroxylation is 1. The Bertz CT molecular complexity index is 1400. The van der Waals surface area contributed by atoms with Gasteiger partial charge >= 0.3 is 6.18 Å². The molecule has 39 heavy (non-hydrogen) atoms. The monoisotopic (exact) mass is 540 g/mol. The number of alkyl halides is 3. The minimum Gasteiger partial charge on any atom is -0.465 e. The third kappa shape index (κ3) is 6.05. The van der Waals surface area contributed by atoms with Gasteiger partial charge in [-0.1, -0.05) is 18.2 Å². The average Bonchev–Trinajstić information content (AvgIpc) is 3.75. The fourth-order valence-electron chi connectivity index (χ4n) is 4.91. The van der Waals surface area contributed by atoms with Crippen LogP contribution in [0.4, 0.5) is 17.6 Å². The number of rotatable bonds is 7. The van der Waals surface area contributed by atoms with Crippen LogP contribution in [-0.2, 0) is 17.5 Å². The number of hydrogen-bond acceptors (Lipinski definition) is 4. The topological polar surface area (TPSA) is 78.3 Å². The summed E-state index contributed by atoms with van der Waals surface area (Å²) in [6, 6.07) is 11.8. The zero-order chi connectivity index (χ0) is 27.7. The molecule has 2 aliphatic rings. The number of pyridine rings is 1. The van der Waals surface area contributed by atoms with E-state index in [9.17, 15) is 22.4 Å². The van der Waals surface area contributed by atoms with E-state index in [4.69, 9.17) is 10.1 Å². The number of nitrogens with one attached hydrogen (secondary N) is 2. The standard InChI is InChI=1S/C29H28F4N4O2/c1-17-12-20(7-8-24(17)30)25(19-5-6-19)36-27(38)22-14-18(16-37-10-3-11-39-28(37)34)13-21(15-22)23-4-2-9-35-26(23)29(31,32)33/h2,4,7-9,12-15,19,25,34H,3,5-6,10-11,16H2,1H3,(H,36,38)/t25-/m0/s1. The Kier molecular flexibility index (Phi) is 7.29. The predicted molar refractivity (Wildman–Crippen MR) is 137 cm³/mol. The largest absolute Gasteiger partial charge is 0.465 e. The molecule has 2 aromatic carbocycles. The molecule has 204 valence electrons. The number of nitrogens with zero attached hydrogens (tertiary/aromatic N) is 2. The lowest BCUT2D eigenvalue weighted by Gasteiger charge is -2.29. The number of benzene rings is 2. The second-order valence-corrected chi connectivity index (χ2v) is 10.0. The van der Waals surface area contributed by atoms with E-state index in [-0.39, 0.29) is 47.0 Å². The maximum Gasteiger partial charge on any atom is 0.433 e. The van der Waals surface area contributed by atoms with Crippen LogP contribution in [0.15, 0.2) is 54.7 Å².